The van der Waals surface area contributed by atoms with Crippen LogP contribution in [0.2, 0.25) is 5.82 Å². The van der Waals surface area contributed by atoms with E-state index in [0.717, 1.165) is 7.41 Å². The standard InChI is InChI=1S/C4H9BN4S/c1-3(2)5-9-4(10)6-7-8-9/h3,5H,1-2H3,(H,6,8,10). The Hall–Kier alpha value is -0.515. The third-order valence-corrected chi connectivity index (χ3v) is 1.37. The molecule has 0 radical (unpaired) electrons. The number of hydrogen-bond acceptors (Lipinski definition) is 4. The van der Waals surface area contributed by atoms with E-state index in [9.17, 15) is 0 Å². The van der Waals surface area contributed by atoms with Gasteiger partial charge in [0.2, 0.25) is 0 Å². The van der Waals surface area contributed by atoms with Gasteiger partial charge in [0.05, 0.1) is 0 Å². The zero-order valence-corrected chi connectivity index (χ0v) is 6.91. The van der Waals surface area contributed by atoms with Gasteiger partial charge in [0.15, 0.2) is 5.16 Å². The van der Waals surface area contributed by atoms with Gasteiger partial charge in [0.25, 0.3) is 7.41 Å². The van der Waals surface area contributed by atoms with Gasteiger partial charge in [-0.05, 0) is 11.0 Å². The predicted molar refractivity (Wildman–Crippen MR) is 42.7 cm³/mol. The molecule has 54 valence electrons. The molecule has 10 heavy (non-hydrogen) atoms. The first-order chi connectivity index (χ1) is 4.70. The molecule has 0 amide bonds. The van der Waals surface area contributed by atoms with Gasteiger partial charge >= 0.3 is 0 Å². The van der Waals surface area contributed by atoms with Crippen molar-refractivity contribution in [2.45, 2.75) is 24.8 Å². The second kappa shape index (κ2) is 3.05. The SMILES string of the molecule is CC(C)Bn1nnnc1S. The monoisotopic (exact) mass is 156 g/mol. The summed E-state index contributed by atoms with van der Waals surface area (Å²) < 4.78 is 1.67. The van der Waals surface area contributed by atoms with Gasteiger partial charge in [-0.2, -0.15) is 0 Å². The van der Waals surface area contributed by atoms with Gasteiger partial charge in [0, 0.05) is 0 Å². The van der Waals surface area contributed by atoms with Crippen LogP contribution in [0.5, 0.6) is 0 Å². The summed E-state index contributed by atoms with van der Waals surface area (Å²) >= 11 is 4.05. The van der Waals surface area contributed by atoms with E-state index in [-0.39, 0.29) is 0 Å². The lowest BCUT2D eigenvalue weighted by Crippen LogP contribution is -2.11. The number of hydrogen-bond donors (Lipinski definition) is 1. The highest BCUT2D eigenvalue weighted by atomic mass is 32.1. The lowest BCUT2D eigenvalue weighted by molar-refractivity contribution is 0.805. The fourth-order valence-electron chi connectivity index (χ4n) is 0.664. The predicted octanol–water partition coefficient (Wildman–Crippen LogP) is -0.0103. The topological polar surface area (TPSA) is 43.6 Å². The molecule has 0 fully saturated rings. The Morgan fingerprint density at radius 2 is 2.30 bits per heavy atom. The molecule has 0 saturated heterocycles. The molecule has 0 saturated carbocycles. The third-order valence-electron chi connectivity index (χ3n) is 1.05. The second-order valence-corrected chi connectivity index (χ2v) is 2.95. The van der Waals surface area contributed by atoms with E-state index in [0.29, 0.717) is 11.0 Å². The lowest BCUT2D eigenvalue weighted by Gasteiger charge is -1.99. The summed E-state index contributed by atoms with van der Waals surface area (Å²) in [5.74, 6) is 0.550. The average molecular weight is 156 g/mol. The van der Waals surface area contributed by atoms with Crippen molar-refractivity contribution in [2.75, 3.05) is 0 Å². The molecule has 1 heterocycles. The highest BCUT2D eigenvalue weighted by Crippen LogP contribution is 2.01. The lowest BCUT2D eigenvalue weighted by atomic mass is 9.79. The molecule has 0 spiro atoms. The summed E-state index contributed by atoms with van der Waals surface area (Å²) in [6, 6.07) is 0. The Balaban J connectivity index is 2.65. The molecule has 0 atom stereocenters. The maximum absolute atomic E-state index is 4.05. The summed E-state index contributed by atoms with van der Waals surface area (Å²) in [5.41, 5.74) is 0. The summed E-state index contributed by atoms with van der Waals surface area (Å²) in [6.45, 7) is 4.21. The highest BCUT2D eigenvalue weighted by molar-refractivity contribution is 7.80. The van der Waals surface area contributed by atoms with E-state index < -0.39 is 0 Å². The molecule has 1 aromatic rings. The fourth-order valence-corrected chi connectivity index (χ4v) is 0.826. The van der Waals surface area contributed by atoms with Gasteiger partial charge in [-0.15, -0.1) is 17.7 Å². The van der Waals surface area contributed by atoms with E-state index in [1.165, 1.54) is 0 Å². The molecule has 1 aromatic heterocycles. The molecular formula is C4H9BN4S. The van der Waals surface area contributed by atoms with Crippen LogP contribution >= 0.6 is 12.6 Å². The minimum atomic E-state index is 0.550. The van der Waals surface area contributed by atoms with Crippen LogP contribution < -0.4 is 0 Å². The van der Waals surface area contributed by atoms with E-state index in [4.69, 9.17) is 0 Å². The van der Waals surface area contributed by atoms with E-state index in [1.54, 1.807) is 4.59 Å². The van der Waals surface area contributed by atoms with Crippen LogP contribution in [-0.2, 0) is 0 Å². The van der Waals surface area contributed by atoms with Gasteiger partial charge in [0.1, 0.15) is 0 Å². The minimum absolute atomic E-state index is 0.550. The first kappa shape index (κ1) is 7.59. The Morgan fingerprint density at radius 3 is 2.70 bits per heavy atom. The molecule has 1 rings (SSSR count). The van der Waals surface area contributed by atoms with E-state index in [2.05, 4.69) is 42.0 Å². The Labute approximate surface area is 65.7 Å². The maximum Gasteiger partial charge on any atom is 0.274 e. The number of nitrogens with zero attached hydrogens (tertiary/aromatic N) is 4. The third kappa shape index (κ3) is 1.73. The second-order valence-electron chi connectivity index (χ2n) is 2.55. The van der Waals surface area contributed by atoms with Gasteiger partial charge < -0.3 is 0 Å². The van der Waals surface area contributed by atoms with Crippen molar-refractivity contribution in [2.24, 2.45) is 0 Å². The molecule has 0 unspecified atom stereocenters. The molecule has 0 aliphatic rings. The number of thiol groups is 1. The van der Waals surface area contributed by atoms with Gasteiger partial charge in [-0.25, -0.2) is 0 Å². The molecular weight excluding hydrogens is 147 g/mol. The molecule has 6 heteroatoms. The van der Waals surface area contributed by atoms with E-state index in [1.807, 2.05) is 0 Å². The Kier molecular flexibility index (Phi) is 2.31. The molecule has 0 aliphatic heterocycles. The van der Waals surface area contributed by atoms with Crippen molar-refractivity contribution in [1.29, 1.82) is 0 Å². The van der Waals surface area contributed by atoms with Crippen LogP contribution in [0.3, 0.4) is 0 Å². The maximum atomic E-state index is 4.05. The van der Waals surface area contributed by atoms with Gasteiger partial charge in [-0.1, -0.05) is 19.1 Å². The average Bonchev–Trinajstić information content (AvgIpc) is 2.15. The van der Waals surface area contributed by atoms with Gasteiger partial charge in [-0.3, -0.25) is 4.59 Å². The van der Waals surface area contributed by atoms with Crippen LogP contribution in [0.25, 0.3) is 0 Å². The van der Waals surface area contributed by atoms with Crippen molar-refractivity contribution in [1.82, 2.24) is 20.1 Å². The molecule has 0 bridgehead atoms. The van der Waals surface area contributed by atoms with Crippen LogP contribution in [0.1, 0.15) is 13.8 Å². The van der Waals surface area contributed by atoms with Crippen LogP contribution in [0.15, 0.2) is 5.16 Å². The van der Waals surface area contributed by atoms with Crippen LogP contribution in [-0.4, -0.2) is 27.5 Å². The van der Waals surface area contributed by atoms with Crippen molar-refractivity contribution in [3.63, 3.8) is 0 Å². The largest absolute Gasteiger partial charge is 0.274 e. The zero-order chi connectivity index (χ0) is 7.56. The summed E-state index contributed by atoms with van der Waals surface area (Å²) in [6.07, 6.45) is 0. The fraction of sp³-hybridized carbons (Fsp3) is 0.750. The molecule has 0 N–H and O–H groups in total. The Bertz CT molecular complexity index is 211. The number of rotatable bonds is 2. The van der Waals surface area contributed by atoms with Crippen molar-refractivity contribution in [3.05, 3.63) is 0 Å². The van der Waals surface area contributed by atoms with E-state index >= 15 is 0 Å². The normalized spacial score (nSPS) is 10.4. The minimum Gasteiger partial charge on any atom is -0.274 e. The first-order valence-electron chi connectivity index (χ1n) is 3.15. The summed E-state index contributed by atoms with van der Waals surface area (Å²) in [4.78, 5) is 0. The summed E-state index contributed by atoms with van der Waals surface area (Å²) in [7, 11) is 0.825. The molecule has 0 aliphatic carbocycles. The Morgan fingerprint density at radius 1 is 1.60 bits per heavy atom. The van der Waals surface area contributed by atoms with Crippen molar-refractivity contribution < 1.29 is 0 Å². The zero-order valence-electron chi connectivity index (χ0n) is 6.02. The molecule has 0 aromatic carbocycles. The number of aromatic nitrogens is 4. The quantitative estimate of drug-likeness (QED) is 0.483. The van der Waals surface area contributed by atoms with Crippen molar-refractivity contribution in [3.8, 4) is 0 Å². The molecule has 4 nitrogen and oxygen atoms in total. The van der Waals surface area contributed by atoms with Crippen molar-refractivity contribution >= 4 is 20.0 Å². The smallest absolute Gasteiger partial charge is 0.274 e. The van der Waals surface area contributed by atoms with Crippen LogP contribution in [0, 0.1) is 0 Å². The summed E-state index contributed by atoms with van der Waals surface area (Å²) in [5, 5.41) is 11.4. The first-order valence-corrected chi connectivity index (χ1v) is 3.60. The highest BCUT2D eigenvalue weighted by Gasteiger charge is 2.04. The number of tetrazole rings is 1. The van der Waals surface area contributed by atoms with Crippen LogP contribution in [0.4, 0.5) is 0 Å².